The molecule has 0 bridgehead atoms. The number of nitrogens with zero attached hydrogens (tertiary/aromatic N) is 3. The van der Waals surface area contributed by atoms with Gasteiger partial charge in [0.2, 0.25) is 0 Å². The first-order chi connectivity index (χ1) is 10.4. The van der Waals surface area contributed by atoms with Gasteiger partial charge in [0.1, 0.15) is 6.54 Å². The van der Waals surface area contributed by atoms with E-state index in [4.69, 9.17) is 23.2 Å². The van der Waals surface area contributed by atoms with E-state index < -0.39 is 0 Å². The SMILES string of the molecule is C/C(=N\NC(=O)Cn1nc(C)cc1C)c1cc(Cl)ccc1Cl. The van der Waals surface area contributed by atoms with Crippen LogP contribution in [0, 0.1) is 13.8 Å². The van der Waals surface area contributed by atoms with Crippen molar-refractivity contribution >= 4 is 34.8 Å². The Balaban J connectivity index is 2.05. The third-order valence-corrected chi connectivity index (χ3v) is 3.63. The van der Waals surface area contributed by atoms with Crippen LogP contribution in [0.4, 0.5) is 0 Å². The van der Waals surface area contributed by atoms with Crippen molar-refractivity contribution in [2.45, 2.75) is 27.3 Å². The van der Waals surface area contributed by atoms with E-state index in [1.807, 2.05) is 19.9 Å². The molecule has 22 heavy (non-hydrogen) atoms. The van der Waals surface area contributed by atoms with Crippen LogP contribution in [0.2, 0.25) is 10.0 Å². The number of carbonyl (C=O) groups excluding carboxylic acids is 1. The highest BCUT2D eigenvalue weighted by atomic mass is 35.5. The number of rotatable bonds is 4. The maximum atomic E-state index is 11.9. The van der Waals surface area contributed by atoms with Crippen LogP contribution in [-0.2, 0) is 11.3 Å². The molecular formula is C15H16Cl2N4O. The molecule has 0 spiro atoms. The summed E-state index contributed by atoms with van der Waals surface area (Å²) in [5.41, 5.74) is 5.55. The summed E-state index contributed by atoms with van der Waals surface area (Å²) in [4.78, 5) is 11.9. The molecule has 1 heterocycles. The van der Waals surface area contributed by atoms with Crippen LogP contribution in [-0.4, -0.2) is 21.4 Å². The Labute approximate surface area is 138 Å². The predicted octanol–water partition coefficient (Wildman–Crippen LogP) is 3.35. The second-order valence-corrected chi connectivity index (χ2v) is 5.78. The third-order valence-electron chi connectivity index (χ3n) is 3.06. The molecule has 0 aliphatic rings. The Morgan fingerprint density at radius 3 is 2.68 bits per heavy atom. The van der Waals surface area contributed by atoms with Crippen molar-refractivity contribution in [2.75, 3.05) is 0 Å². The van der Waals surface area contributed by atoms with Gasteiger partial charge in [-0.1, -0.05) is 23.2 Å². The molecule has 1 N–H and O–H groups in total. The zero-order valence-electron chi connectivity index (χ0n) is 12.5. The molecule has 5 nitrogen and oxygen atoms in total. The first-order valence-electron chi connectivity index (χ1n) is 6.66. The minimum Gasteiger partial charge on any atom is -0.271 e. The largest absolute Gasteiger partial charge is 0.271 e. The standard InChI is InChI=1S/C15H16Cl2N4O/c1-9-6-10(2)21(20-9)8-15(22)19-18-11(3)13-7-12(16)4-5-14(13)17/h4-7H,8H2,1-3H3,(H,19,22)/b18-11+. The lowest BCUT2D eigenvalue weighted by molar-refractivity contribution is -0.121. The van der Waals surface area contributed by atoms with Crippen molar-refractivity contribution in [2.24, 2.45) is 5.10 Å². The Morgan fingerprint density at radius 1 is 1.32 bits per heavy atom. The highest BCUT2D eigenvalue weighted by Crippen LogP contribution is 2.21. The van der Waals surface area contributed by atoms with Crippen molar-refractivity contribution in [1.82, 2.24) is 15.2 Å². The average Bonchev–Trinajstić information content (AvgIpc) is 2.77. The van der Waals surface area contributed by atoms with Gasteiger partial charge in [0.15, 0.2) is 0 Å². The molecule has 116 valence electrons. The van der Waals surface area contributed by atoms with E-state index in [1.165, 1.54) is 0 Å². The minimum absolute atomic E-state index is 0.111. The topological polar surface area (TPSA) is 59.3 Å². The van der Waals surface area contributed by atoms with Gasteiger partial charge in [0.25, 0.3) is 5.91 Å². The zero-order chi connectivity index (χ0) is 16.3. The number of nitrogens with one attached hydrogen (secondary N) is 1. The molecule has 0 saturated carbocycles. The van der Waals surface area contributed by atoms with Gasteiger partial charge in [-0.2, -0.15) is 10.2 Å². The zero-order valence-corrected chi connectivity index (χ0v) is 14.0. The molecule has 0 saturated heterocycles. The Kier molecular flexibility index (Phi) is 5.21. The molecular weight excluding hydrogens is 323 g/mol. The van der Waals surface area contributed by atoms with Gasteiger partial charge in [-0.3, -0.25) is 9.48 Å². The summed E-state index contributed by atoms with van der Waals surface area (Å²) in [6, 6.07) is 7.00. The van der Waals surface area contributed by atoms with Crippen LogP contribution in [0.5, 0.6) is 0 Å². The number of carbonyl (C=O) groups is 1. The molecule has 0 fully saturated rings. The van der Waals surface area contributed by atoms with E-state index in [0.717, 1.165) is 11.4 Å². The van der Waals surface area contributed by atoms with Gasteiger partial charge in [-0.05, 0) is 45.0 Å². The fraction of sp³-hybridized carbons (Fsp3) is 0.267. The monoisotopic (exact) mass is 338 g/mol. The lowest BCUT2D eigenvalue weighted by Gasteiger charge is -2.06. The Hall–Kier alpha value is -1.85. The lowest BCUT2D eigenvalue weighted by atomic mass is 10.1. The molecule has 0 aliphatic carbocycles. The second kappa shape index (κ2) is 6.94. The van der Waals surface area contributed by atoms with Gasteiger partial charge in [0, 0.05) is 21.3 Å². The number of aryl methyl sites for hydroxylation is 2. The molecule has 0 aliphatic heterocycles. The van der Waals surface area contributed by atoms with Gasteiger partial charge < -0.3 is 0 Å². The van der Waals surface area contributed by atoms with Gasteiger partial charge in [-0.15, -0.1) is 0 Å². The predicted molar refractivity (Wildman–Crippen MR) is 88.5 cm³/mol. The van der Waals surface area contributed by atoms with E-state index in [0.29, 0.717) is 21.3 Å². The molecule has 1 aromatic carbocycles. The molecule has 7 heteroatoms. The van der Waals surface area contributed by atoms with E-state index in [-0.39, 0.29) is 12.5 Å². The van der Waals surface area contributed by atoms with Gasteiger partial charge in [0.05, 0.1) is 11.4 Å². The van der Waals surface area contributed by atoms with Crippen LogP contribution >= 0.6 is 23.2 Å². The Bertz CT molecular complexity index is 737. The Morgan fingerprint density at radius 2 is 2.05 bits per heavy atom. The molecule has 2 aromatic rings. The minimum atomic E-state index is -0.260. The van der Waals surface area contributed by atoms with Crippen molar-refractivity contribution in [3.05, 3.63) is 51.3 Å². The summed E-state index contributed by atoms with van der Waals surface area (Å²) >= 11 is 12.0. The molecule has 0 atom stereocenters. The summed E-state index contributed by atoms with van der Waals surface area (Å²) in [5.74, 6) is -0.260. The molecule has 1 amide bonds. The summed E-state index contributed by atoms with van der Waals surface area (Å²) in [7, 11) is 0. The molecule has 2 rings (SSSR count). The van der Waals surface area contributed by atoms with Crippen LogP contribution in [0.25, 0.3) is 0 Å². The number of benzene rings is 1. The maximum Gasteiger partial charge on any atom is 0.261 e. The van der Waals surface area contributed by atoms with E-state index >= 15 is 0 Å². The van der Waals surface area contributed by atoms with Crippen molar-refractivity contribution < 1.29 is 4.79 Å². The van der Waals surface area contributed by atoms with Crippen LogP contribution in [0.1, 0.15) is 23.9 Å². The van der Waals surface area contributed by atoms with E-state index in [9.17, 15) is 4.79 Å². The summed E-state index contributed by atoms with van der Waals surface area (Å²) in [6.07, 6.45) is 0. The number of halogens is 2. The molecule has 0 unspecified atom stereocenters. The maximum absolute atomic E-state index is 11.9. The van der Waals surface area contributed by atoms with Crippen molar-refractivity contribution in [3.63, 3.8) is 0 Å². The van der Waals surface area contributed by atoms with Gasteiger partial charge in [-0.25, -0.2) is 5.43 Å². The second-order valence-electron chi connectivity index (χ2n) is 4.94. The molecule has 1 aromatic heterocycles. The fourth-order valence-electron chi connectivity index (χ4n) is 1.99. The molecule has 0 radical (unpaired) electrons. The third kappa shape index (κ3) is 4.08. The highest BCUT2D eigenvalue weighted by Gasteiger charge is 2.08. The van der Waals surface area contributed by atoms with Crippen LogP contribution in [0.15, 0.2) is 29.4 Å². The number of aromatic nitrogens is 2. The van der Waals surface area contributed by atoms with E-state index in [2.05, 4.69) is 15.6 Å². The summed E-state index contributed by atoms with van der Waals surface area (Å²) in [6.45, 7) is 5.64. The highest BCUT2D eigenvalue weighted by molar-refractivity contribution is 6.36. The number of amides is 1. The summed E-state index contributed by atoms with van der Waals surface area (Å²) in [5, 5.41) is 9.38. The van der Waals surface area contributed by atoms with Crippen molar-refractivity contribution in [1.29, 1.82) is 0 Å². The number of hydrazone groups is 1. The van der Waals surface area contributed by atoms with E-state index in [1.54, 1.807) is 29.8 Å². The van der Waals surface area contributed by atoms with Gasteiger partial charge >= 0.3 is 0 Å². The van der Waals surface area contributed by atoms with Crippen molar-refractivity contribution in [3.8, 4) is 0 Å². The fourth-order valence-corrected chi connectivity index (χ4v) is 2.41. The average molecular weight is 339 g/mol. The van der Waals surface area contributed by atoms with Crippen LogP contribution < -0.4 is 5.43 Å². The summed E-state index contributed by atoms with van der Waals surface area (Å²) < 4.78 is 1.63. The number of hydrogen-bond donors (Lipinski definition) is 1. The smallest absolute Gasteiger partial charge is 0.261 e. The quantitative estimate of drug-likeness (QED) is 0.686. The van der Waals surface area contributed by atoms with Crippen LogP contribution in [0.3, 0.4) is 0 Å². The first kappa shape index (κ1) is 16.5. The lowest BCUT2D eigenvalue weighted by Crippen LogP contribution is -2.25. The first-order valence-corrected chi connectivity index (χ1v) is 7.42. The number of hydrogen-bond acceptors (Lipinski definition) is 3. The normalized spacial score (nSPS) is 11.6.